The predicted octanol–water partition coefficient (Wildman–Crippen LogP) is 0.761. The molecule has 0 aromatic carbocycles. The van der Waals surface area contributed by atoms with Crippen LogP contribution in [0.3, 0.4) is 0 Å². The number of sulfonamides is 1. The minimum absolute atomic E-state index is 0.258. The molecule has 0 fully saturated rings. The summed E-state index contributed by atoms with van der Waals surface area (Å²) in [5.74, 6) is 0. The number of aryl methyl sites for hydroxylation is 1. The van der Waals surface area contributed by atoms with Gasteiger partial charge in [-0.3, -0.25) is 0 Å². The first-order valence-electron chi connectivity index (χ1n) is 5.64. The summed E-state index contributed by atoms with van der Waals surface area (Å²) in [6, 6.07) is 1.60. The van der Waals surface area contributed by atoms with Gasteiger partial charge in [0.15, 0.2) is 0 Å². The lowest BCUT2D eigenvalue weighted by atomic mass is 10.4. The van der Waals surface area contributed by atoms with Crippen LogP contribution in [0.25, 0.3) is 0 Å². The second-order valence-corrected chi connectivity index (χ2v) is 6.99. The van der Waals surface area contributed by atoms with Crippen LogP contribution < -0.4 is 5.73 Å². The molecule has 6 nitrogen and oxygen atoms in total. The van der Waals surface area contributed by atoms with Crippen molar-refractivity contribution in [1.82, 2.24) is 13.9 Å². The monoisotopic (exact) mass is 300 g/mol. The van der Waals surface area contributed by atoms with Crippen molar-refractivity contribution in [2.45, 2.75) is 18.0 Å². The van der Waals surface area contributed by atoms with E-state index < -0.39 is 10.0 Å². The Balaban J connectivity index is 2.25. The van der Waals surface area contributed by atoms with Gasteiger partial charge in [0.05, 0.1) is 17.7 Å². The van der Waals surface area contributed by atoms with E-state index >= 15 is 0 Å². The molecule has 0 atom stereocenters. The van der Waals surface area contributed by atoms with Crippen LogP contribution in [0.4, 0.5) is 0 Å². The van der Waals surface area contributed by atoms with Gasteiger partial charge in [-0.25, -0.2) is 13.4 Å². The van der Waals surface area contributed by atoms with Crippen molar-refractivity contribution in [3.63, 3.8) is 0 Å². The summed E-state index contributed by atoms with van der Waals surface area (Å²) in [4.78, 5) is 4.35. The number of hydrogen-bond acceptors (Lipinski definition) is 5. The quantitative estimate of drug-likeness (QED) is 0.884. The van der Waals surface area contributed by atoms with Crippen molar-refractivity contribution in [2.24, 2.45) is 12.8 Å². The van der Waals surface area contributed by atoms with E-state index in [1.54, 1.807) is 36.4 Å². The van der Waals surface area contributed by atoms with Crippen LogP contribution in [0, 0.1) is 0 Å². The van der Waals surface area contributed by atoms with Gasteiger partial charge in [-0.05, 0) is 6.07 Å². The maximum Gasteiger partial charge on any atom is 0.244 e. The summed E-state index contributed by atoms with van der Waals surface area (Å²) in [6.45, 7) is 0.570. The van der Waals surface area contributed by atoms with Gasteiger partial charge >= 0.3 is 0 Å². The molecular formula is C11H16N4O2S2. The molecule has 0 unspecified atom stereocenters. The van der Waals surface area contributed by atoms with E-state index in [0.29, 0.717) is 6.54 Å². The van der Waals surface area contributed by atoms with Crippen LogP contribution in [-0.2, 0) is 30.2 Å². The lowest BCUT2D eigenvalue weighted by Gasteiger charge is -2.14. The molecule has 104 valence electrons. The lowest BCUT2D eigenvalue weighted by molar-refractivity contribution is 0.463. The molecular weight excluding hydrogens is 284 g/mol. The summed E-state index contributed by atoms with van der Waals surface area (Å²) < 4.78 is 27.8. The zero-order valence-electron chi connectivity index (χ0n) is 10.8. The van der Waals surface area contributed by atoms with Crippen LogP contribution in [0.5, 0.6) is 0 Å². The number of nitrogens with zero attached hydrogens (tertiary/aromatic N) is 3. The first-order chi connectivity index (χ1) is 8.95. The molecule has 2 N–H and O–H groups in total. The molecule has 2 aromatic heterocycles. The highest BCUT2D eigenvalue weighted by molar-refractivity contribution is 7.89. The molecule has 0 aliphatic heterocycles. The van der Waals surface area contributed by atoms with E-state index in [0.717, 1.165) is 11.4 Å². The molecule has 0 saturated heterocycles. The fourth-order valence-corrected chi connectivity index (χ4v) is 3.52. The molecule has 2 heterocycles. The van der Waals surface area contributed by atoms with Crippen molar-refractivity contribution in [1.29, 1.82) is 0 Å². The Morgan fingerprint density at radius 1 is 1.53 bits per heavy atom. The van der Waals surface area contributed by atoms with E-state index in [9.17, 15) is 8.42 Å². The Bertz CT molecular complexity index is 646. The minimum atomic E-state index is -3.51. The van der Waals surface area contributed by atoms with Crippen molar-refractivity contribution in [3.05, 3.63) is 34.5 Å². The normalized spacial score (nSPS) is 12.2. The van der Waals surface area contributed by atoms with Crippen LogP contribution in [-0.4, -0.2) is 29.3 Å². The number of thiazole rings is 1. The number of rotatable bonds is 5. The third-order valence-electron chi connectivity index (χ3n) is 2.87. The standard InChI is InChI=1S/C11H16N4O2S2/c1-14-6-11(3-10(14)4-12)19(16,17)15(2)5-9-7-18-8-13-9/h3,6-8H,4-5,12H2,1-2H3. The van der Waals surface area contributed by atoms with Gasteiger partial charge in [0.2, 0.25) is 10.0 Å². The van der Waals surface area contributed by atoms with Gasteiger partial charge in [0.25, 0.3) is 0 Å². The summed E-state index contributed by atoms with van der Waals surface area (Å²) >= 11 is 1.44. The molecule has 2 aromatic rings. The van der Waals surface area contributed by atoms with Gasteiger partial charge in [-0.15, -0.1) is 11.3 Å². The van der Waals surface area contributed by atoms with E-state index in [1.165, 1.54) is 15.6 Å². The molecule has 0 aliphatic carbocycles. The summed E-state index contributed by atoms with van der Waals surface area (Å²) in [7, 11) is -0.180. The predicted molar refractivity (Wildman–Crippen MR) is 74.1 cm³/mol. The first kappa shape index (κ1) is 14.2. The maximum atomic E-state index is 12.4. The number of aromatic nitrogens is 2. The Morgan fingerprint density at radius 2 is 2.26 bits per heavy atom. The van der Waals surface area contributed by atoms with Gasteiger partial charge in [-0.1, -0.05) is 0 Å². The average Bonchev–Trinajstić information content (AvgIpc) is 2.98. The zero-order chi connectivity index (χ0) is 14.0. The lowest BCUT2D eigenvalue weighted by Crippen LogP contribution is -2.26. The highest BCUT2D eigenvalue weighted by Gasteiger charge is 2.23. The Labute approximate surface area is 116 Å². The third kappa shape index (κ3) is 2.86. The molecule has 0 radical (unpaired) electrons. The van der Waals surface area contributed by atoms with Crippen molar-refractivity contribution < 1.29 is 8.42 Å². The van der Waals surface area contributed by atoms with Crippen molar-refractivity contribution in [3.8, 4) is 0 Å². The third-order valence-corrected chi connectivity index (χ3v) is 5.27. The molecule has 19 heavy (non-hydrogen) atoms. The Kier molecular flexibility index (Phi) is 4.04. The molecule has 0 amide bonds. The molecule has 0 saturated carbocycles. The van der Waals surface area contributed by atoms with E-state index in [-0.39, 0.29) is 11.4 Å². The zero-order valence-corrected chi connectivity index (χ0v) is 12.4. The topological polar surface area (TPSA) is 81.2 Å². The summed E-state index contributed by atoms with van der Waals surface area (Å²) in [5, 5.41) is 1.84. The molecule has 0 bridgehead atoms. The summed E-state index contributed by atoms with van der Waals surface area (Å²) in [6.07, 6.45) is 1.58. The van der Waals surface area contributed by atoms with Crippen molar-refractivity contribution in [2.75, 3.05) is 7.05 Å². The summed E-state index contributed by atoms with van der Waals surface area (Å²) in [5.41, 5.74) is 8.76. The first-order valence-corrected chi connectivity index (χ1v) is 8.02. The molecule has 0 spiro atoms. The Morgan fingerprint density at radius 3 is 2.79 bits per heavy atom. The van der Waals surface area contributed by atoms with Gasteiger partial charge in [-0.2, -0.15) is 4.31 Å². The SMILES string of the molecule is CN(Cc1cscn1)S(=O)(=O)c1cc(CN)n(C)c1. The number of hydrogen-bond donors (Lipinski definition) is 1. The van der Waals surface area contributed by atoms with Crippen molar-refractivity contribution >= 4 is 21.4 Å². The fourth-order valence-electron chi connectivity index (χ4n) is 1.73. The molecule has 2 rings (SSSR count). The fraction of sp³-hybridized carbons (Fsp3) is 0.364. The molecule has 0 aliphatic rings. The van der Waals surface area contributed by atoms with Gasteiger partial charge in [0, 0.05) is 37.9 Å². The van der Waals surface area contributed by atoms with Crippen LogP contribution in [0.15, 0.2) is 28.0 Å². The largest absolute Gasteiger partial charge is 0.352 e. The maximum absolute atomic E-state index is 12.4. The minimum Gasteiger partial charge on any atom is -0.352 e. The van der Waals surface area contributed by atoms with Gasteiger partial charge < -0.3 is 10.3 Å². The van der Waals surface area contributed by atoms with Gasteiger partial charge in [0.1, 0.15) is 4.90 Å². The van der Waals surface area contributed by atoms with Crippen LogP contribution in [0.2, 0.25) is 0 Å². The Hall–Kier alpha value is -1.22. The van der Waals surface area contributed by atoms with E-state index in [1.807, 2.05) is 5.38 Å². The average molecular weight is 300 g/mol. The second kappa shape index (κ2) is 5.41. The smallest absolute Gasteiger partial charge is 0.244 e. The molecule has 8 heteroatoms. The highest BCUT2D eigenvalue weighted by Crippen LogP contribution is 2.19. The number of nitrogens with two attached hydrogens (primary N) is 1. The second-order valence-electron chi connectivity index (χ2n) is 4.22. The van der Waals surface area contributed by atoms with Crippen LogP contribution >= 0.6 is 11.3 Å². The van der Waals surface area contributed by atoms with Crippen LogP contribution in [0.1, 0.15) is 11.4 Å². The van der Waals surface area contributed by atoms with E-state index in [2.05, 4.69) is 4.98 Å². The highest BCUT2D eigenvalue weighted by atomic mass is 32.2. The van der Waals surface area contributed by atoms with E-state index in [4.69, 9.17) is 5.73 Å².